The molecular formula is C15H19ClN4OS. The Morgan fingerprint density at radius 2 is 2.00 bits per heavy atom. The molecule has 7 heteroatoms. The summed E-state index contributed by atoms with van der Waals surface area (Å²) in [4.78, 5) is 11.9. The lowest BCUT2D eigenvalue weighted by Crippen LogP contribution is -2.30. The van der Waals surface area contributed by atoms with Crippen LogP contribution in [0, 0.1) is 0 Å². The Morgan fingerprint density at radius 1 is 1.32 bits per heavy atom. The number of carbonyl (C=O) groups is 1. The summed E-state index contributed by atoms with van der Waals surface area (Å²) in [5, 5.41) is 12.5. The minimum atomic E-state index is -0.215. The lowest BCUT2D eigenvalue weighted by Gasteiger charge is -2.11. The van der Waals surface area contributed by atoms with E-state index in [9.17, 15) is 4.79 Å². The third-order valence-corrected chi connectivity index (χ3v) is 4.47. The van der Waals surface area contributed by atoms with Gasteiger partial charge in [0.2, 0.25) is 5.91 Å². The van der Waals surface area contributed by atoms with Crippen LogP contribution in [-0.2, 0) is 11.3 Å². The maximum Gasteiger partial charge on any atom is 0.233 e. The molecule has 0 aliphatic carbocycles. The fourth-order valence-corrected chi connectivity index (χ4v) is 3.07. The second kappa shape index (κ2) is 7.65. The lowest BCUT2D eigenvalue weighted by molar-refractivity contribution is -0.120. The normalized spacial score (nSPS) is 12.2. The van der Waals surface area contributed by atoms with Crippen molar-refractivity contribution < 1.29 is 4.79 Å². The summed E-state index contributed by atoms with van der Waals surface area (Å²) in [5.41, 5.74) is 0.955. The predicted molar refractivity (Wildman–Crippen MR) is 90.1 cm³/mol. The predicted octanol–water partition coefficient (Wildman–Crippen LogP) is 3.24. The first-order chi connectivity index (χ1) is 10.6. The van der Waals surface area contributed by atoms with Crippen LogP contribution in [0.3, 0.4) is 0 Å². The number of hydrogen-bond donors (Lipinski definition) is 1. The number of amides is 1. The van der Waals surface area contributed by atoms with Crippen molar-refractivity contribution in [1.82, 2.24) is 20.1 Å². The van der Waals surface area contributed by atoms with Crippen LogP contribution in [-0.4, -0.2) is 32.5 Å². The molecule has 5 nitrogen and oxygen atoms in total. The fourth-order valence-electron chi connectivity index (χ4n) is 2.00. The van der Waals surface area contributed by atoms with E-state index in [4.69, 9.17) is 11.6 Å². The molecule has 1 aromatic heterocycles. The topological polar surface area (TPSA) is 59.8 Å². The second-order valence-corrected chi connectivity index (χ2v) is 6.46. The zero-order valence-corrected chi connectivity index (χ0v) is 14.4. The Kier molecular flexibility index (Phi) is 5.85. The minimum Gasteiger partial charge on any atom is -0.355 e. The summed E-state index contributed by atoms with van der Waals surface area (Å²) in [6.45, 7) is 7.16. The number of nitrogens with zero attached hydrogens (tertiary/aromatic N) is 3. The monoisotopic (exact) mass is 338 g/mol. The van der Waals surface area contributed by atoms with E-state index in [2.05, 4.69) is 15.5 Å². The molecule has 0 saturated carbocycles. The Labute approximate surface area is 139 Å². The van der Waals surface area contributed by atoms with Crippen LogP contribution in [0.25, 0.3) is 11.4 Å². The Balaban J connectivity index is 2.24. The average Bonchev–Trinajstić information content (AvgIpc) is 2.90. The van der Waals surface area contributed by atoms with E-state index in [1.165, 1.54) is 11.8 Å². The van der Waals surface area contributed by atoms with Gasteiger partial charge in [-0.15, -0.1) is 10.2 Å². The van der Waals surface area contributed by atoms with Gasteiger partial charge in [0.25, 0.3) is 0 Å². The highest BCUT2D eigenvalue weighted by molar-refractivity contribution is 8.00. The number of rotatable bonds is 6. The highest BCUT2D eigenvalue weighted by Crippen LogP contribution is 2.27. The smallest absolute Gasteiger partial charge is 0.233 e. The van der Waals surface area contributed by atoms with Gasteiger partial charge in [-0.25, -0.2) is 0 Å². The average molecular weight is 339 g/mol. The van der Waals surface area contributed by atoms with Crippen LogP contribution in [0.4, 0.5) is 0 Å². The van der Waals surface area contributed by atoms with E-state index < -0.39 is 0 Å². The van der Waals surface area contributed by atoms with E-state index >= 15 is 0 Å². The summed E-state index contributed by atoms with van der Waals surface area (Å²) in [6, 6.07) is 7.49. The molecule has 0 bridgehead atoms. The molecule has 1 N–H and O–H groups in total. The van der Waals surface area contributed by atoms with Gasteiger partial charge in [0.05, 0.1) is 5.25 Å². The molecule has 1 aromatic carbocycles. The zero-order chi connectivity index (χ0) is 16.1. The van der Waals surface area contributed by atoms with Gasteiger partial charge in [0, 0.05) is 23.7 Å². The van der Waals surface area contributed by atoms with Gasteiger partial charge < -0.3 is 9.88 Å². The van der Waals surface area contributed by atoms with Crippen molar-refractivity contribution in [2.75, 3.05) is 6.54 Å². The summed E-state index contributed by atoms with van der Waals surface area (Å²) >= 11 is 7.33. The van der Waals surface area contributed by atoms with E-state index in [-0.39, 0.29) is 11.2 Å². The zero-order valence-electron chi connectivity index (χ0n) is 12.8. The van der Waals surface area contributed by atoms with Crippen molar-refractivity contribution in [2.24, 2.45) is 0 Å². The van der Waals surface area contributed by atoms with Crippen LogP contribution in [0.15, 0.2) is 29.4 Å². The summed E-state index contributed by atoms with van der Waals surface area (Å²) in [5.74, 6) is 0.788. The van der Waals surface area contributed by atoms with Crippen LogP contribution in [0.5, 0.6) is 0 Å². The van der Waals surface area contributed by atoms with Gasteiger partial charge >= 0.3 is 0 Å². The maximum atomic E-state index is 11.9. The van der Waals surface area contributed by atoms with Gasteiger partial charge in [-0.1, -0.05) is 23.4 Å². The molecule has 1 atom stereocenters. The number of thioether (sulfide) groups is 1. The first-order valence-electron chi connectivity index (χ1n) is 7.20. The molecule has 0 aliphatic rings. The third-order valence-electron chi connectivity index (χ3n) is 3.14. The van der Waals surface area contributed by atoms with Crippen LogP contribution in [0.2, 0.25) is 5.02 Å². The Bertz CT molecular complexity index is 641. The molecule has 0 unspecified atom stereocenters. The van der Waals surface area contributed by atoms with Crippen molar-refractivity contribution in [3.63, 3.8) is 0 Å². The van der Waals surface area contributed by atoms with E-state index in [0.29, 0.717) is 11.6 Å². The summed E-state index contributed by atoms with van der Waals surface area (Å²) < 4.78 is 2.00. The van der Waals surface area contributed by atoms with E-state index in [1.54, 1.807) is 0 Å². The molecule has 2 aromatic rings. The molecule has 0 spiro atoms. The van der Waals surface area contributed by atoms with Gasteiger partial charge in [0.1, 0.15) is 0 Å². The highest BCUT2D eigenvalue weighted by atomic mass is 35.5. The molecule has 0 fully saturated rings. The number of benzene rings is 1. The van der Waals surface area contributed by atoms with E-state index in [1.807, 2.05) is 49.6 Å². The molecule has 0 radical (unpaired) electrons. The number of halogens is 1. The quantitative estimate of drug-likeness (QED) is 0.821. The van der Waals surface area contributed by atoms with Crippen molar-refractivity contribution in [3.05, 3.63) is 29.3 Å². The SMILES string of the molecule is CCNC(=O)[C@H](C)Sc1nnc(-c2ccc(Cl)cc2)n1CC. The van der Waals surface area contributed by atoms with Crippen LogP contribution >= 0.6 is 23.4 Å². The first kappa shape index (κ1) is 16.8. The number of carbonyl (C=O) groups excluding carboxylic acids is 1. The summed E-state index contributed by atoms with van der Waals surface area (Å²) in [6.07, 6.45) is 0. The minimum absolute atomic E-state index is 0.00574. The van der Waals surface area contributed by atoms with Gasteiger partial charge in [-0.05, 0) is 45.0 Å². The first-order valence-corrected chi connectivity index (χ1v) is 8.46. The van der Waals surface area contributed by atoms with Gasteiger partial charge in [-0.3, -0.25) is 4.79 Å². The van der Waals surface area contributed by atoms with Crippen LogP contribution in [0.1, 0.15) is 20.8 Å². The molecule has 0 saturated heterocycles. The second-order valence-electron chi connectivity index (χ2n) is 4.71. The molecular weight excluding hydrogens is 320 g/mol. The molecule has 2 rings (SSSR count). The van der Waals surface area contributed by atoms with Crippen molar-refractivity contribution in [2.45, 2.75) is 37.7 Å². The number of aromatic nitrogens is 3. The van der Waals surface area contributed by atoms with Crippen molar-refractivity contribution in [1.29, 1.82) is 0 Å². The highest BCUT2D eigenvalue weighted by Gasteiger charge is 2.19. The molecule has 0 aliphatic heterocycles. The summed E-state index contributed by atoms with van der Waals surface area (Å²) in [7, 11) is 0. The molecule has 22 heavy (non-hydrogen) atoms. The lowest BCUT2D eigenvalue weighted by atomic mass is 10.2. The van der Waals surface area contributed by atoms with Gasteiger partial charge in [0.15, 0.2) is 11.0 Å². The number of hydrogen-bond acceptors (Lipinski definition) is 4. The maximum absolute atomic E-state index is 11.9. The molecule has 118 valence electrons. The number of nitrogens with one attached hydrogen (secondary N) is 1. The fraction of sp³-hybridized carbons (Fsp3) is 0.400. The Morgan fingerprint density at radius 3 is 2.59 bits per heavy atom. The Hall–Kier alpha value is -1.53. The van der Waals surface area contributed by atoms with Crippen molar-refractivity contribution >= 4 is 29.3 Å². The third kappa shape index (κ3) is 3.81. The van der Waals surface area contributed by atoms with Crippen molar-refractivity contribution in [3.8, 4) is 11.4 Å². The largest absolute Gasteiger partial charge is 0.355 e. The standard InChI is InChI=1S/C15H19ClN4OS/c1-4-17-14(21)10(3)22-15-19-18-13(20(15)5-2)11-6-8-12(16)9-7-11/h6-10H,4-5H2,1-3H3,(H,17,21)/t10-/m0/s1. The van der Waals surface area contributed by atoms with Crippen LogP contribution < -0.4 is 5.32 Å². The molecule has 1 amide bonds. The van der Waals surface area contributed by atoms with E-state index in [0.717, 1.165) is 23.1 Å². The van der Waals surface area contributed by atoms with Gasteiger partial charge in [-0.2, -0.15) is 0 Å². The molecule has 1 heterocycles.